The van der Waals surface area contributed by atoms with Gasteiger partial charge in [0.05, 0.1) is 23.3 Å². The van der Waals surface area contributed by atoms with Crippen LogP contribution in [-0.4, -0.2) is 68.7 Å². The Morgan fingerprint density at radius 2 is 1.96 bits per heavy atom. The van der Waals surface area contributed by atoms with E-state index in [2.05, 4.69) is 9.88 Å². The summed E-state index contributed by atoms with van der Waals surface area (Å²) < 4.78 is 1.43. The van der Waals surface area contributed by atoms with E-state index in [1.165, 1.54) is 10.9 Å². The maximum atomic E-state index is 12.8. The largest absolute Gasteiger partial charge is 0.390 e. The molecule has 0 saturated carbocycles. The van der Waals surface area contributed by atoms with Crippen LogP contribution in [0.4, 0.5) is 0 Å². The Balaban J connectivity index is 1.47. The first-order valence-electron chi connectivity index (χ1n) is 8.70. The molecule has 0 unspecified atom stereocenters. The van der Waals surface area contributed by atoms with Crippen molar-refractivity contribution in [1.29, 1.82) is 0 Å². The van der Waals surface area contributed by atoms with Crippen LogP contribution in [-0.2, 0) is 7.05 Å². The van der Waals surface area contributed by atoms with Crippen molar-refractivity contribution >= 4 is 16.8 Å². The number of fused-ring (bicyclic) bond motifs is 1. The molecule has 4 rings (SSSR count). The average molecular weight is 342 g/mol. The predicted octanol–water partition coefficient (Wildman–Crippen LogP) is 0.215. The molecule has 0 radical (unpaired) electrons. The summed E-state index contributed by atoms with van der Waals surface area (Å²) in [5, 5.41) is 9.95. The van der Waals surface area contributed by atoms with E-state index in [0.717, 1.165) is 39.0 Å². The number of aliphatic hydroxyl groups is 1. The van der Waals surface area contributed by atoms with E-state index >= 15 is 0 Å². The third-order valence-electron chi connectivity index (χ3n) is 5.32. The Bertz CT molecular complexity index is 864. The van der Waals surface area contributed by atoms with Gasteiger partial charge in [-0.3, -0.25) is 14.5 Å². The Labute approximate surface area is 145 Å². The zero-order valence-electron chi connectivity index (χ0n) is 14.3. The van der Waals surface area contributed by atoms with Gasteiger partial charge in [0.25, 0.3) is 11.5 Å². The molecule has 132 valence electrons. The Kier molecular flexibility index (Phi) is 4.05. The molecule has 1 N–H and O–H groups in total. The van der Waals surface area contributed by atoms with Gasteiger partial charge in [-0.15, -0.1) is 0 Å². The van der Waals surface area contributed by atoms with Crippen molar-refractivity contribution < 1.29 is 9.90 Å². The zero-order valence-corrected chi connectivity index (χ0v) is 14.3. The summed E-state index contributed by atoms with van der Waals surface area (Å²) in [5.74, 6) is -0.00790. The van der Waals surface area contributed by atoms with Crippen molar-refractivity contribution in [2.75, 3.05) is 26.2 Å². The molecule has 2 aliphatic heterocycles. The van der Waals surface area contributed by atoms with Crippen molar-refractivity contribution in [3.63, 3.8) is 0 Å². The number of benzene rings is 1. The molecule has 1 aromatic carbocycles. The molecule has 2 saturated heterocycles. The fourth-order valence-corrected chi connectivity index (χ4v) is 3.75. The first-order chi connectivity index (χ1) is 12.0. The highest BCUT2D eigenvalue weighted by atomic mass is 16.3. The number of nitrogens with zero attached hydrogens (tertiary/aromatic N) is 4. The molecular weight excluding hydrogens is 320 g/mol. The maximum absolute atomic E-state index is 12.8. The molecular formula is C18H22N4O3. The number of carbonyl (C=O) groups excluding carboxylic acids is 1. The van der Waals surface area contributed by atoms with Crippen LogP contribution < -0.4 is 5.56 Å². The minimum Gasteiger partial charge on any atom is -0.390 e. The molecule has 7 heteroatoms. The first kappa shape index (κ1) is 16.2. The second kappa shape index (κ2) is 6.24. The third kappa shape index (κ3) is 2.94. The standard InChI is InChI=1S/C18H22N4O3/c1-20-11-19-16-8-12(2-3-15(16)18(20)25)17(24)21-6-4-13(5-7-21)22-9-14(23)10-22/h2-3,8,11,13-14,23H,4-7,9-10H2,1H3. The fraction of sp³-hybridized carbons (Fsp3) is 0.500. The lowest BCUT2D eigenvalue weighted by Gasteiger charge is -2.45. The van der Waals surface area contributed by atoms with E-state index < -0.39 is 0 Å². The topological polar surface area (TPSA) is 78.7 Å². The van der Waals surface area contributed by atoms with Crippen LogP contribution in [0.1, 0.15) is 23.2 Å². The quantitative estimate of drug-likeness (QED) is 0.844. The number of hydrogen-bond acceptors (Lipinski definition) is 5. The Morgan fingerprint density at radius 3 is 2.64 bits per heavy atom. The van der Waals surface area contributed by atoms with Crippen molar-refractivity contribution in [1.82, 2.24) is 19.4 Å². The minimum absolute atomic E-state index is 0.00790. The van der Waals surface area contributed by atoms with Crippen LogP contribution >= 0.6 is 0 Å². The minimum atomic E-state index is -0.183. The molecule has 0 spiro atoms. The fourth-order valence-electron chi connectivity index (χ4n) is 3.75. The number of aromatic nitrogens is 2. The maximum Gasteiger partial charge on any atom is 0.260 e. The van der Waals surface area contributed by atoms with Gasteiger partial charge in [-0.2, -0.15) is 0 Å². The highest BCUT2D eigenvalue weighted by Gasteiger charge is 2.34. The molecule has 3 heterocycles. The van der Waals surface area contributed by atoms with E-state index in [9.17, 15) is 14.7 Å². The van der Waals surface area contributed by atoms with Crippen LogP contribution in [0.5, 0.6) is 0 Å². The van der Waals surface area contributed by atoms with Crippen molar-refractivity contribution in [3.05, 3.63) is 40.4 Å². The number of hydrogen-bond donors (Lipinski definition) is 1. The van der Waals surface area contributed by atoms with Crippen LogP contribution in [0.2, 0.25) is 0 Å². The highest BCUT2D eigenvalue weighted by Crippen LogP contribution is 2.23. The van der Waals surface area contributed by atoms with E-state index in [-0.39, 0.29) is 17.6 Å². The van der Waals surface area contributed by atoms with Gasteiger partial charge in [-0.05, 0) is 31.0 Å². The monoisotopic (exact) mass is 342 g/mol. The Morgan fingerprint density at radius 1 is 1.24 bits per heavy atom. The lowest BCUT2D eigenvalue weighted by Crippen LogP contribution is -2.58. The first-order valence-corrected chi connectivity index (χ1v) is 8.70. The normalized spacial score (nSPS) is 20.0. The molecule has 0 bridgehead atoms. The van der Waals surface area contributed by atoms with Crippen molar-refractivity contribution in [3.8, 4) is 0 Å². The van der Waals surface area contributed by atoms with Gasteiger partial charge in [-0.1, -0.05) is 0 Å². The Hall–Kier alpha value is -2.25. The summed E-state index contributed by atoms with van der Waals surface area (Å²) in [5.41, 5.74) is 1.02. The third-order valence-corrected chi connectivity index (χ3v) is 5.32. The van der Waals surface area contributed by atoms with Gasteiger partial charge in [-0.25, -0.2) is 4.98 Å². The molecule has 2 aliphatic rings. The summed E-state index contributed by atoms with van der Waals surface area (Å²) in [4.78, 5) is 33.3. The van der Waals surface area contributed by atoms with E-state index in [1.54, 1.807) is 25.2 Å². The van der Waals surface area contributed by atoms with Gasteiger partial charge in [0.15, 0.2) is 0 Å². The molecule has 0 atom stereocenters. The molecule has 0 aliphatic carbocycles. The molecule has 7 nitrogen and oxygen atoms in total. The van der Waals surface area contributed by atoms with Crippen LogP contribution in [0.15, 0.2) is 29.3 Å². The SMILES string of the molecule is Cn1cnc2cc(C(=O)N3CCC(N4CC(O)C4)CC3)ccc2c1=O. The molecule has 1 amide bonds. The lowest BCUT2D eigenvalue weighted by atomic mass is 9.98. The van der Waals surface area contributed by atoms with Crippen LogP contribution in [0.25, 0.3) is 10.9 Å². The van der Waals surface area contributed by atoms with E-state index in [1.807, 2.05) is 4.90 Å². The number of aliphatic hydroxyl groups excluding tert-OH is 1. The second-order valence-electron chi connectivity index (χ2n) is 7.02. The summed E-state index contributed by atoms with van der Waals surface area (Å²) in [6.07, 6.45) is 3.17. The van der Waals surface area contributed by atoms with Crippen molar-refractivity contribution in [2.45, 2.75) is 25.0 Å². The van der Waals surface area contributed by atoms with Gasteiger partial charge in [0.2, 0.25) is 0 Å². The van der Waals surface area contributed by atoms with Gasteiger partial charge >= 0.3 is 0 Å². The second-order valence-corrected chi connectivity index (χ2v) is 7.02. The number of amides is 1. The number of β-amino-alcohol motifs (C(OH)–C–C–N with tert-alkyl or cyclic N) is 1. The van der Waals surface area contributed by atoms with E-state index in [0.29, 0.717) is 22.5 Å². The smallest absolute Gasteiger partial charge is 0.260 e. The van der Waals surface area contributed by atoms with Gasteiger partial charge in [0, 0.05) is 44.8 Å². The molecule has 2 aromatic rings. The highest BCUT2D eigenvalue weighted by molar-refractivity contribution is 5.97. The molecule has 25 heavy (non-hydrogen) atoms. The number of rotatable bonds is 2. The lowest BCUT2D eigenvalue weighted by molar-refractivity contribution is -0.0381. The number of piperidine rings is 1. The predicted molar refractivity (Wildman–Crippen MR) is 93.5 cm³/mol. The van der Waals surface area contributed by atoms with Gasteiger partial charge in [0.1, 0.15) is 0 Å². The summed E-state index contributed by atoms with van der Waals surface area (Å²) >= 11 is 0. The number of likely N-dealkylation sites (tertiary alicyclic amines) is 2. The summed E-state index contributed by atoms with van der Waals surface area (Å²) in [7, 11) is 1.66. The average Bonchev–Trinajstić information content (AvgIpc) is 2.61. The summed E-state index contributed by atoms with van der Waals surface area (Å²) in [6.45, 7) is 2.95. The van der Waals surface area contributed by atoms with Crippen LogP contribution in [0.3, 0.4) is 0 Å². The summed E-state index contributed by atoms with van der Waals surface area (Å²) in [6, 6.07) is 5.57. The number of aryl methyl sites for hydroxylation is 1. The van der Waals surface area contributed by atoms with Crippen LogP contribution in [0, 0.1) is 0 Å². The molecule has 2 fully saturated rings. The van der Waals surface area contributed by atoms with E-state index in [4.69, 9.17) is 0 Å². The van der Waals surface area contributed by atoms with Gasteiger partial charge < -0.3 is 14.6 Å². The molecule has 1 aromatic heterocycles. The number of carbonyl (C=O) groups is 1. The van der Waals surface area contributed by atoms with Crippen molar-refractivity contribution in [2.24, 2.45) is 7.05 Å². The zero-order chi connectivity index (χ0) is 17.6.